The molecule has 33 heavy (non-hydrogen) atoms. The van der Waals surface area contributed by atoms with E-state index >= 15 is 0 Å². The average Bonchev–Trinajstić information content (AvgIpc) is 2.78. The number of ether oxygens (including phenoxy) is 2. The Labute approximate surface area is 193 Å². The Morgan fingerprint density at radius 1 is 1.15 bits per heavy atom. The summed E-state index contributed by atoms with van der Waals surface area (Å²) < 4.78 is 15.7. The highest BCUT2D eigenvalue weighted by atomic mass is 16.7. The number of ketones is 1. The Hall–Kier alpha value is -3.17. The van der Waals surface area contributed by atoms with Gasteiger partial charge in [-0.15, -0.1) is 0 Å². The summed E-state index contributed by atoms with van der Waals surface area (Å²) in [4.78, 5) is 37.1. The summed E-state index contributed by atoms with van der Waals surface area (Å²) in [7, 11) is -1.27. The topological polar surface area (TPSA) is 125 Å². The van der Waals surface area contributed by atoms with Gasteiger partial charge in [-0.2, -0.15) is 0 Å². The summed E-state index contributed by atoms with van der Waals surface area (Å²) in [5.74, 6) is -1.65. The van der Waals surface area contributed by atoms with Crippen LogP contribution in [0, 0.1) is 5.41 Å². The van der Waals surface area contributed by atoms with Crippen LogP contribution in [-0.2, 0) is 27.2 Å². The number of para-hydroxylation sites is 1. The van der Waals surface area contributed by atoms with Crippen LogP contribution in [0.1, 0.15) is 59.0 Å². The van der Waals surface area contributed by atoms with E-state index < -0.39 is 37.1 Å². The summed E-state index contributed by atoms with van der Waals surface area (Å²) in [6, 6.07) is 12.0. The normalized spacial score (nSPS) is 15.3. The number of benzene rings is 2. The van der Waals surface area contributed by atoms with Gasteiger partial charge in [0, 0.05) is 24.3 Å². The van der Waals surface area contributed by atoms with Gasteiger partial charge in [0.2, 0.25) is 6.79 Å². The van der Waals surface area contributed by atoms with Gasteiger partial charge in [-0.05, 0) is 50.5 Å². The van der Waals surface area contributed by atoms with Gasteiger partial charge in [0.25, 0.3) is 0 Å². The van der Waals surface area contributed by atoms with Crippen molar-refractivity contribution >= 4 is 24.8 Å². The molecule has 0 fully saturated rings. The number of carbonyl (C=O) groups excluding carboxylic acids is 3. The predicted molar refractivity (Wildman–Crippen MR) is 122 cm³/mol. The second kappa shape index (κ2) is 10.2. The lowest BCUT2D eigenvalue weighted by Gasteiger charge is -2.28. The summed E-state index contributed by atoms with van der Waals surface area (Å²) in [6.07, 6.45) is 0.422. The number of nitrogens with two attached hydrogens (primary N) is 1. The fourth-order valence-corrected chi connectivity index (χ4v) is 3.48. The maximum Gasteiger partial charge on any atom is 0.526 e. The van der Waals surface area contributed by atoms with Crippen LogP contribution < -0.4 is 10.4 Å². The van der Waals surface area contributed by atoms with E-state index in [9.17, 15) is 19.4 Å². The van der Waals surface area contributed by atoms with Crippen molar-refractivity contribution < 1.29 is 33.5 Å². The molecular weight excluding hydrogens is 425 g/mol. The van der Waals surface area contributed by atoms with Crippen molar-refractivity contribution in [1.82, 2.24) is 0 Å². The van der Waals surface area contributed by atoms with Crippen LogP contribution in [0.25, 0.3) is 0 Å². The molecule has 0 aliphatic carbocycles. The second-order valence-corrected chi connectivity index (χ2v) is 9.03. The van der Waals surface area contributed by atoms with Gasteiger partial charge in [0.1, 0.15) is 11.3 Å². The number of Topliss-reactive ketones (excluding diaryl/α,β-unsaturated/α-hetero) is 1. The molecular formula is C24H28BNO7. The Morgan fingerprint density at radius 3 is 2.58 bits per heavy atom. The van der Waals surface area contributed by atoms with Crippen LogP contribution in [-0.4, -0.2) is 36.7 Å². The van der Waals surface area contributed by atoms with Gasteiger partial charge < -0.3 is 24.9 Å². The summed E-state index contributed by atoms with van der Waals surface area (Å²) in [5.41, 5.74) is 7.09. The molecule has 1 atom stereocenters. The van der Waals surface area contributed by atoms with Crippen molar-refractivity contribution in [3.63, 3.8) is 0 Å². The van der Waals surface area contributed by atoms with E-state index in [-0.39, 0.29) is 23.5 Å². The molecule has 0 spiro atoms. The van der Waals surface area contributed by atoms with Gasteiger partial charge in [-0.3, -0.25) is 9.59 Å². The van der Waals surface area contributed by atoms with E-state index in [2.05, 4.69) is 0 Å². The highest BCUT2D eigenvalue weighted by molar-refractivity contribution is 6.47. The Kier molecular flexibility index (Phi) is 7.55. The zero-order valence-electron chi connectivity index (χ0n) is 19.0. The van der Waals surface area contributed by atoms with Crippen LogP contribution in [0.15, 0.2) is 42.5 Å². The van der Waals surface area contributed by atoms with Crippen molar-refractivity contribution in [2.75, 3.05) is 6.79 Å². The second-order valence-electron chi connectivity index (χ2n) is 9.03. The average molecular weight is 453 g/mol. The molecule has 0 aromatic heterocycles. The predicted octanol–water partition coefficient (Wildman–Crippen LogP) is 2.91. The van der Waals surface area contributed by atoms with Crippen LogP contribution in [0.2, 0.25) is 5.82 Å². The number of carbonyl (C=O) groups is 3. The molecule has 0 radical (unpaired) electrons. The molecule has 0 unspecified atom stereocenters. The molecule has 174 valence electrons. The molecule has 1 aliphatic rings. The number of hydrogen-bond donors (Lipinski definition) is 2. The van der Waals surface area contributed by atoms with Crippen molar-refractivity contribution in [2.45, 2.75) is 46.0 Å². The number of rotatable bonds is 7. The zero-order valence-corrected chi connectivity index (χ0v) is 19.0. The first-order chi connectivity index (χ1) is 15.6. The minimum absolute atomic E-state index is 0.0755. The smallest absolute Gasteiger partial charge is 0.526 e. The monoisotopic (exact) mass is 453 g/mol. The first kappa shape index (κ1) is 24.5. The molecule has 0 amide bonds. The van der Waals surface area contributed by atoms with E-state index in [0.717, 1.165) is 5.56 Å². The lowest BCUT2D eigenvalue weighted by atomic mass is 9.64. The molecule has 0 saturated carbocycles. The molecule has 9 heteroatoms. The quantitative estimate of drug-likeness (QED) is 0.284. The van der Waals surface area contributed by atoms with Gasteiger partial charge in [0.05, 0.1) is 5.41 Å². The largest absolute Gasteiger partial charge is 0.535 e. The van der Waals surface area contributed by atoms with Crippen molar-refractivity contribution in [3.8, 4) is 5.75 Å². The molecule has 1 aliphatic heterocycles. The Balaban J connectivity index is 1.67. The maximum atomic E-state index is 12.7. The van der Waals surface area contributed by atoms with Crippen LogP contribution in [0.3, 0.4) is 0 Å². The van der Waals surface area contributed by atoms with Crippen molar-refractivity contribution in [2.24, 2.45) is 11.1 Å². The van der Waals surface area contributed by atoms with E-state index in [1.165, 1.54) is 6.07 Å². The molecule has 2 aromatic carbocycles. The van der Waals surface area contributed by atoms with Crippen LogP contribution >= 0.6 is 0 Å². The lowest BCUT2D eigenvalue weighted by Crippen LogP contribution is -2.36. The summed E-state index contributed by atoms with van der Waals surface area (Å²) in [6.45, 7) is 4.88. The van der Waals surface area contributed by atoms with E-state index in [0.29, 0.717) is 24.1 Å². The summed E-state index contributed by atoms with van der Waals surface area (Å²) >= 11 is 0. The van der Waals surface area contributed by atoms with E-state index in [1.54, 1.807) is 51.1 Å². The Bertz CT molecular complexity index is 1050. The summed E-state index contributed by atoms with van der Waals surface area (Å²) in [5, 5.41) is 10.5. The third-order valence-corrected chi connectivity index (χ3v) is 5.37. The molecule has 2 aromatic rings. The van der Waals surface area contributed by atoms with Crippen LogP contribution in [0.4, 0.5) is 0 Å². The maximum absolute atomic E-state index is 12.7. The van der Waals surface area contributed by atoms with E-state index in [4.69, 9.17) is 19.9 Å². The molecule has 3 N–H and O–H groups in total. The first-order valence-corrected chi connectivity index (χ1v) is 10.7. The molecule has 3 rings (SSSR count). The van der Waals surface area contributed by atoms with Gasteiger partial charge >= 0.3 is 19.1 Å². The zero-order chi connectivity index (χ0) is 24.2. The number of hydrogen-bond acceptors (Lipinski definition) is 8. The molecule has 8 nitrogen and oxygen atoms in total. The highest BCUT2D eigenvalue weighted by Crippen LogP contribution is 2.37. The SMILES string of the molecule is CC(C)(C)C(=O)OCOC(=O)c1cccc2c1OB(O)[C@@H](CC(=O)c1cccc(CN)c1)C2. The Morgan fingerprint density at radius 2 is 1.88 bits per heavy atom. The third kappa shape index (κ3) is 6.00. The third-order valence-electron chi connectivity index (χ3n) is 5.37. The molecule has 0 bridgehead atoms. The van der Waals surface area contributed by atoms with Crippen molar-refractivity contribution in [1.29, 1.82) is 0 Å². The standard InChI is InChI=1S/C24H28BNO7/c1-24(2,3)23(29)32-14-31-22(28)19-9-5-8-17-11-18(25(30)33-21(17)19)12-20(27)16-7-4-6-15(10-16)13-26/h4-10,18,30H,11-14,26H2,1-3H3/t18-/m1/s1. The van der Waals surface area contributed by atoms with Crippen LogP contribution in [0.5, 0.6) is 5.75 Å². The van der Waals surface area contributed by atoms with Gasteiger partial charge in [-0.1, -0.05) is 30.3 Å². The van der Waals surface area contributed by atoms with E-state index in [1.807, 2.05) is 6.07 Å². The number of fused-ring (bicyclic) bond motifs is 1. The van der Waals surface area contributed by atoms with Crippen molar-refractivity contribution in [3.05, 3.63) is 64.7 Å². The molecule has 0 saturated heterocycles. The molecule has 1 heterocycles. The van der Waals surface area contributed by atoms with Gasteiger partial charge in [0.15, 0.2) is 5.78 Å². The lowest BCUT2D eigenvalue weighted by molar-refractivity contribution is -0.161. The minimum atomic E-state index is -1.27. The minimum Gasteiger partial charge on any atom is -0.535 e. The first-order valence-electron chi connectivity index (χ1n) is 10.7. The highest BCUT2D eigenvalue weighted by Gasteiger charge is 2.38. The number of esters is 2. The fourth-order valence-electron chi connectivity index (χ4n) is 3.48. The van der Waals surface area contributed by atoms with Gasteiger partial charge in [-0.25, -0.2) is 4.79 Å². The fraction of sp³-hybridized carbons (Fsp3) is 0.375.